The van der Waals surface area contributed by atoms with E-state index in [9.17, 15) is 4.79 Å². The van der Waals surface area contributed by atoms with Gasteiger partial charge in [-0.3, -0.25) is 4.79 Å². The van der Waals surface area contributed by atoms with Crippen LogP contribution >= 0.6 is 0 Å². The molecule has 0 unspecified atom stereocenters. The van der Waals surface area contributed by atoms with Gasteiger partial charge < -0.3 is 14.7 Å². The van der Waals surface area contributed by atoms with Crippen LogP contribution in [0.3, 0.4) is 0 Å². The molecular formula is C22H30N4O. The number of piperazine rings is 1. The summed E-state index contributed by atoms with van der Waals surface area (Å²) in [5, 5.41) is 0. The number of likely N-dealkylation sites (N-methyl/N-ethyl adjacent to an activating group) is 1. The molecule has 1 amide bonds. The van der Waals surface area contributed by atoms with Crippen molar-refractivity contribution in [1.82, 2.24) is 9.88 Å². The second-order valence-corrected chi connectivity index (χ2v) is 7.72. The Morgan fingerprint density at radius 3 is 2.41 bits per heavy atom. The molecule has 1 aromatic heterocycles. The number of benzene rings is 1. The summed E-state index contributed by atoms with van der Waals surface area (Å²) in [5.41, 5.74) is 4.27. The zero-order chi connectivity index (χ0) is 19.6. The predicted molar refractivity (Wildman–Crippen MR) is 112 cm³/mol. The maximum atomic E-state index is 12.6. The lowest BCUT2D eigenvalue weighted by molar-refractivity contribution is -0.121. The molecule has 0 N–H and O–H groups in total. The van der Waals surface area contributed by atoms with Crippen LogP contribution in [0, 0.1) is 12.8 Å². The molecule has 0 saturated carbocycles. The Hall–Kier alpha value is -2.40. The van der Waals surface area contributed by atoms with Crippen LogP contribution in [-0.4, -0.2) is 56.1 Å². The van der Waals surface area contributed by atoms with Gasteiger partial charge in [0, 0.05) is 44.7 Å². The average Bonchev–Trinajstić information content (AvgIpc) is 2.67. The zero-order valence-electron chi connectivity index (χ0n) is 17.1. The van der Waals surface area contributed by atoms with Crippen molar-refractivity contribution < 1.29 is 4.79 Å². The third-order valence-electron chi connectivity index (χ3n) is 5.32. The predicted octanol–water partition coefficient (Wildman–Crippen LogP) is 3.43. The molecule has 1 fully saturated rings. The molecule has 1 aliphatic rings. The van der Waals surface area contributed by atoms with Gasteiger partial charge in [-0.2, -0.15) is 0 Å². The Bertz CT molecular complexity index is 810. The minimum atomic E-state index is -0.0583. The van der Waals surface area contributed by atoms with E-state index < -0.39 is 0 Å². The van der Waals surface area contributed by atoms with Crippen molar-refractivity contribution >= 4 is 17.4 Å². The molecular weight excluding hydrogens is 336 g/mol. The van der Waals surface area contributed by atoms with Crippen LogP contribution in [0.15, 0.2) is 36.5 Å². The fourth-order valence-corrected chi connectivity index (χ4v) is 3.51. The van der Waals surface area contributed by atoms with E-state index in [0.29, 0.717) is 0 Å². The highest BCUT2D eigenvalue weighted by Crippen LogP contribution is 2.35. The molecule has 0 radical (unpaired) electrons. The lowest BCUT2D eigenvalue weighted by atomic mass is 9.99. The summed E-state index contributed by atoms with van der Waals surface area (Å²) in [7, 11) is 4.00. The highest BCUT2D eigenvalue weighted by Gasteiger charge is 2.22. The monoisotopic (exact) mass is 366 g/mol. The van der Waals surface area contributed by atoms with Gasteiger partial charge in [0.25, 0.3) is 0 Å². The molecule has 0 atom stereocenters. The van der Waals surface area contributed by atoms with Gasteiger partial charge in [-0.25, -0.2) is 4.98 Å². The molecule has 1 aromatic carbocycles. The topological polar surface area (TPSA) is 39.7 Å². The number of carbonyl (C=O) groups excluding carboxylic acids is 1. The Kier molecular flexibility index (Phi) is 5.80. The fraction of sp³-hybridized carbons (Fsp3) is 0.455. The van der Waals surface area contributed by atoms with E-state index >= 15 is 0 Å². The lowest BCUT2D eigenvalue weighted by Crippen LogP contribution is -2.44. The van der Waals surface area contributed by atoms with Gasteiger partial charge >= 0.3 is 0 Å². The van der Waals surface area contributed by atoms with Crippen LogP contribution in [0.2, 0.25) is 0 Å². The van der Waals surface area contributed by atoms with Crippen molar-refractivity contribution in [3.63, 3.8) is 0 Å². The van der Waals surface area contributed by atoms with E-state index in [1.165, 1.54) is 5.56 Å². The second-order valence-electron chi connectivity index (χ2n) is 7.72. The van der Waals surface area contributed by atoms with Gasteiger partial charge in [0.2, 0.25) is 5.91 Å². The highest BCUT2D eigenvalue weighted by molar-refractivity contribution is 5.98. The van der Waals surface area contributed by atoms with Crippen molar-refractivity contribution in [3.05, 3.63) is 42.1 Å². The Morgan fingerprint density at radius 2 is 1.78 bits per heavy atom. The minimum absolute atomic E-state index is 0.0583. The molecule has 0 aliphatic carbocycles. The van der Waals surface area contributed by atoms with E-state index in [0.717, 1.165) is 48.8 Å². The molecule has 2 heterocycles. The highest BCUT2D eigenvalue weighted by atomic mass is 16.2. The van der Waals surface area contributed by atoms with Gasteiger partial charge in [0.05, 0.1) is 11.9 Å². The first-order valence-electron chi connectivity index (χ1n) is 9.65. The van der Waals surface area contributed by atoms with E-state index in [1.54, 1.807) is 4.90 Å². The van der Waals surface area contributed by atoms with Gasteiger partial charge in [0.15, 0.2) is 0 Å². The normalized spacial score (nSPS) is 15.3. The van der Waals surface area contributed by atoms with Crippen molar-refractivity contribution in [2.75, 3.05) is 50.1 Å². The smallest absolute Gasteiger partial charge is 0.229 e. The Balaban J connectivity index is 2.06. The summed E-state index contributed by atoms with van der Waals surface area (Å²) < 4.78 is 0. The summed E-state index contributed by atoms with van der Waals surface area (Å²) in [5.74, 6) is 1.02. The van der Waals surface area contributed by atoms with Crippen LogP contribution in [0.25, 0.3) is 11.1 Å². The SMILES string of the molecule is Cc1ccccc1-c1cc(N2CCN(C)CC2)ncc1N(C)C(=O)C(C)C. The maximum absolute atomic E-state index is 12.6. The van der Waals surface area contributed by atoms with E-state index in [4.69, 9.17) is 4.98 Å². The number of aryl methyl sites for hydroxylation is 1. The summed E-state index contributed by atoms with van der Waals surface area (Å²) in [6.07, 6.45) is 1.86. The third kappa shape index (κ3) is 4.14. The Morgan fingerprint density at radius 1 is 1.11 bits per heavy atom. The van der Waals surface area contributed by atoms with Crippen molar-refractivity contribution in [2.45, 2.75) is 20.8 Å². The van der Waals surface area contributed by atoms with E-state index in [-0.39, 0.29) is 11.8 Å². The fourth-order valence-electron chi connectivity index (χ4n) is 3.51. The quantitative estimate of drug-likeness (QED) is 0.831. The van der Waals surface area contributed by atoms with Crippen LogP contribution < -0.4 is 9.80 Å². The largest absolute Gasteiger partial charge is 0.354 e. The zero-order valence-corrected chi connectivity index (χ0v) is 17.1. The standard InChI is InChI=1S/C22H30N4O/c1-16(2)22(27)25(5)20-15-23-21(26-12-10-24(4)11-13-26)14-19(20)18-9-7-6-8-17(18)3/h6-9,14-16H,10-13H2,1-5H3. The van der Waals surface area contributed by atoms with Crippen LogP contribution in [-0.2, 0) is 4.79 Å². The van der Waals surface area contributed by atoms with Crippen molar-refractivity contribution in [3.8, 4) is 11.1 Å². The Labute approximate surface area is 162 Å². The van der Waals surface area contributed by atoms with Gasteiger partial charge in [-0.05, 0) is 31.2 Å². The van der Waals surface area contributed by atoms with Gasteiger partial charge in [0.1, 0.15) is 5.82 Å². The molecule has 3 rings (SSSR count). The molecule has 27 heavy (non-hydrogen) atoms. The van der Waals surface area contributed by atoms with E-state index in [1.807, 2.05) is 39.2 Å². The number of anilines is 2. The number of pyridine rings is 1. The van der Waals surface area contributed by atoms with Crippen molar-refractivity contribution in [1.29, 1.82) is 0 Å². The molecule has 5 heteroatoms. The summed E-state index contributed by atoms with van der Waals surface area (Å²) in [6, 6.07) is 10.5. The maximum Gasteiger partial charge on any atom is 0.229 e. The number of amides is 1. The number of hydrogen-bond acceptors (Lipinski definition) is 4. The van der Waals surface area contributed by atoms with Crippen LogP contribution in [0.5, 0.6) is 0 Å². The summed E-state index contributed by atoms with van der Waals surface area (Å²) >= 11 is 0. The molecule has 0 spiro atoms. The number of carbonyl (C=O) groups is 1. The summed E-state index contributed by atoms with van der Waals surface area (Å²) in [6.45, 7) is 9.98. The average molecular weight is 367 g/mol. The number of aromatic nitrogens is 1. The van der Waals surface area contributed by atoms with E-state index in [2.05, 4.69) is 42.0 Å². The molecule has 5 nitrogen and oxygen atoms in total. The first kappa shape index (κ1) is 19.4. The lowest BCUT2D eigenvalue weighted by Gasteiger charge is -2.34. The number of nitrogens with zero attached hydrogens (tertiary/aromatic N) is 4. The van der Waals surface area contributed by atoms with Gasteiger partial charge in [-0.15, -0.1) is 0 Å². The molecule has 1 aliphatic heterocycles. The first-order chi connectivity index (χ1) is 12.9. The summed E-state index contributed by atoms with van der Waals surface area (Å²) in [4.78, 5) is 23.7. The molecule has 2 aromatic rings. The van der Waals surface area contributed by atoms with Crippen molar-refractivity contribution in [2.24, 2.45) is 5.92 Å². The minimum Gasteiger partial charge on any atom is -0.354 e. The second kappa shape index (κ2) is 8.09. The van der Waals surface area contributed by atoms with Gasteiger partial charge in [-0.1, -0.05) is 38.1 Å². The molecule has 1 saturated heterocycles. The van der Waals surface area contributed by atoms with Crippen LogP contribution in [0.1, 0.15) is 19.4 Å². The van der Waals surface area contributed by atoms with Crippen LogP contribution in [0.4, 0.5) is 11.5 Å². The number of rotatable bonds is 4. The molecule has 144 valence electrons. The third-order valence-corrected chi connectivity index (χ3v) is 5.32. The number of hydrogen-bond donors (Lipinski definition) is 0. The molecule has 0 bridgehead atoms. The first-order valence-corrected chi connectivity index (χ1v) is 9.65.